The summed E-state index contributed by atoms with van der Waals surface area (Å²) in [6, 6.07) is 0. The molecule has 0 heterocycles. The quantitative estimate of drug-likeness (QED) is 0.288. The van der Waals surface area contributed by atoms with Gasteiger partial charge in [-0.1, -0.05) is 0 Å². The summed E-state index contributed by atoms with van der Waals surface area (Å²) >= 11 is 0. The summed E-state index contributed by atoms with van der Waals surface area (Å²) in [5.41, 5.74) is 0. The lowest BCUT2D eigenvalue weighted by Gasteiger charge is -2.32. The van der Waals surface area contributed by atoms with Crippen LogP contribution in [0, 0.1) is 0 Å². The molecule has 0 aliphatic carbocycles. The molecule has 2 N–H and O–H groups in total. The van der Waals surface area contributed by atoms with Gasteiger partial charge in [-0.05, 0) is 0 Å². The number of hydrogen-bond donors (Lipinski definition) is 2. The first-order valence-electron chi connectivity index (χ1n) is 9.17. The summed E-state index contributed by atoms with van der Waals surface area (Å²) in [5.74, 6) is -0.635. The van der Waals surface area contributed by atoms with Gasteiger partial charge in [0.1, 0.15) is 51.6 Å². The molecule has 0 aromatic carbocycles. The number of nitrogens with zero attached hydrogens (tertiary/aromatic N) is 2. The average molecular weight is 395 g/mol. The van der Waals surface area contributed by atoms with Crippen molar-refractivity contribution >= 4 is 11.9 Å². The van der Waals surface area contributed by atoms with E-state index < -0.39 is 12.2 Å². The lowest BCUT2D eigenvalue weighted by atomic mass is 10.3. The van der Waals surface area contributed by atoms with Crippen molar-refractivity contribution in [2.75, 3.05) is 80.8 Å². The lowest BCUT2D eigenvalue weighted by Crippen LogP contribution is -2.49. The molecule has 0 spiro atoms. The van der Waals surface area contributed by atoms with E-state index in [1.165, 1.54) is 13.8 Å². The number of esters is 2. The summed E-state index contributed by atoms with van der Waals surface area (Å²) in [5, 5.41) is 20.2. The van der Waals surface area contributed by atoms with E-state index in [9.17, 15) is 19.8 Å². The highest BCUT2D eigenvalue weighted by Gasteiger charge is 2.23. The Hall–Kier alpha value is -1.26. The largest absolute Gasteiger partial charge is 0.460 e. The molecule has 0 saturated carbocycles. The molecule has 0 aromatic heterocycles. The molecule has 0 fully saturated rings. The second kappa shape index (κ2) is 12.2. The van der Waals surface area contributed by atoms with Crippen LogP contribution in [0.1, 0.15) is 13.8 Å². The van der Waals surface area contributed by atoms with Crippen molar-refractivity contribution in [2.45, 2.75) is 26.1 Å². The SMILES string of the molecule is CC(=O)OCC[N+](C)(C)CC(O)COCC(O)C[N+](C)(C)CCOC(C)=O. The smallest absolute Gasteiger partial charge is 0.302 e. The minimum atomic E-state index is -0.684. The number of ether oxygens (including phenoxy) is 3. The van der Waals surface area contributed by atoms with Crippen LogP contribution >= 0.6 is 0 Å². The average Bonchev–Trinajstić information content (AvgIpc) is 2.44. The van der Waals surface area contributed by atoms with E-state index >= 15 is 0 Å². The fraction of sp³-hybridized carbons (Fsp3) is 0.889. The fourth-order valence-corrected chi connectivity index (χ4v) is 2.64. The zero-order valence-corrected chi connectivity index (χ0v) is 17.6. The Morgan fingerprint density at radius 3 is 1.41 bits per heavy atom. The molecule has 0 amide bonds. The molecule has 9 nitrogen and oxygen atoms in total. The molecule has 160 valence electrons. The molecular formula is C18H38N2O7+2. The third-order valence-electron chi connectivity index (χ3n) is 4.03. The van der Waals surface area contributed by atoms with Gasteiger partial charge >= 0.3 is 11.9 Å². The Kier molecular flexibility index (Phi) is 11.7. The van der Waals surface area contributed by atoms with E-state index in [-0.39, 0.29) is 25.2 Å². The number of carbonyl (C=O) groups is 2. The molecule has 0 aliphatic heterocycles. The van der Waals surface area contributed by atoms with Crippen LogP contribution in [-0.4, -0.2) is 124 Å². The molecule has 0 rings (SSSR count). The van der Waals surface area contributed by atoms with Gasteiger partial charge in [0, 0.05) is 13.8 Å². The van der Waals surface area contributed by atoms with Crippen molar-refractivity contribution in [3.8, 4) is 0 Å². The maximum atomic E-state index is 10.8. The Labute approximate surface area is 162 Å². The minimum absolute atomic E-state index is 0.118. The van der Waals surface area contributed by atoms with Gasteiger partial charge in [0.25, 0.3) is 0 Å². The van der Waals surface area contributed by atoms with Gasteiger partial charge in [-0.2, -0.15) is 0 Å². The number of hydrogen-bond acceptors (Lipinski definition) is 7. The summed E-state index contributed by atoms with van der Waals surface area (Å²) in [6.07, 6.45) is -1.37. The minimum Gasteiger partial charge on any atom is -0.460 e. The molecule has 0 bridgehead atoms. The van der Waals surface area contributed by atoms with Crippen molar-refractivity contribution in [1.29, 1.82) is 0 Å². The van der Waals surface area contributed by atoms with Crippen LogP contribution in [0.2, 0.25) is 0 Å². The lowest BCUT2D eigenvalue weighted by molar-refractivity contribution is -0.894. The highest BCUT2D eigenvalue weighted by molar-refractivity contribution is 5.66. The van der Waals surface area contributed by atoms with E-state index in [1.54, 1.807) is 0 Å². The number of rotatable bonds is 14. The second-order valence-electron chi connectivity index (χ2n) is 8.21. The van der Waals surface area contributed by atoms with Crippen LogP contribution in [0.3, 0.4) is 0 Å². The van der Waals surface area contributed by atoms with Crippen LogP contribution in [0.4, 0.5) is 0 Å². The first kappa shape index (κ1) is 25.7. The number of carbonyl (C=O) groups excluding carboxylic acids is 2. The Balaban J connectivity index is 4.05. The Bertz CT molecular complexity index is 415. The van der Waals surface area contributed by atoms with Gasteiger partial charge < -0.3 is 33.4 Å². The van der Waals surface area contributed by atoms with Gasteiger partial charge in [0.15, 0.2) is 0 Å². The van der Waals surface area contributed by atoms with Gasteiger partial charge in [-0.3, -0.25) is 9.59 Å². The molecule has 2 atom stereocenters. The zero-order chi connectivity index (χ0) is 21.1. The predicted octanol–water partition coefficient (Wildman–Crippen LogP) is -0.996. The van der Waals surface area contributed by atoms with Gasteiger partial charge in [0.05, 0.1) is 41.4 Å². The Morgan fingerprint density at radius 2 is 1.11 bits per heavy atom. The van der Waals surface area contributed by atoms with Crippen molar-refractivity contribution in [3.63, 3.8) is 0 Å². The molecule has 0 saturated heterocycles. The third kappa shape index (κ3) is 15.5. The van der Waals surface area contributed by atoms with E-state index in [1.807, 2.05) is 28.2 Å². The van der Waals surface area contributed by atoms with E-state index in [0.29, 0.717) is 48.4 Å². The summed E-state index contributed by atoms with van der Waals surface area (Å²) in [7, 11) is 7.74. The summed E-state index contributed by atoms with van der Waals surface area (Å²) in [4.78, 5) is 21.6. The van der Waals surface area contributed by atoms with Crippen LogP contribution in [-0.2, 0) is 23.8 Å². The summed E-state index contributed by atoms with van der Waals surface area (Å²) in [6.45, 7) is 5.64. The first-order chi connectivity index (χ1) is 12.3. The maximum Gasteiger partial charge on any atom is 0.302 e. The van der Waals surface area contributed by atoms with Gasteiger partial charge in [-0.15, -0.1) is 0 Å². The van der Waals surface area contributed by atoms with Crippen molar-refractivity contribution in [1.82, 2.24) is 0 Å². The third-order valence-corrected chi connectivity index (χ3v) is 4.03. The van der Waals surface area contributed by atoms with Crippen molar-refractivity contribution < 1.29 is 43.0 Å². The maximum absolute atomic E-state index is 10.8. The predicted molar refractivity (Wildman–Crippen MR) is 99.8 cm³/mol. The van der Waals surface area contributed by atoms with E-state index in [0.717, 1.165) is 0 Å². The Morgan fingerprint density at radius 1 is 0.778 bits per heavy atom. The fourth-order valence-electron chi connectivity index (χ4n) is 2.64. The molecular weight excluding hydrogens is 356 g/mol. The van der Waals surface area contributed by atoms with E-state index in [2.05, 4.69) is 0 Å². The zero-order valence-electron chi connectivity index (χ0n) is 17.6. The van der Waals surface area contributed by atoms with E-state index in [4.69, 9.17) is 14.2 Å². The number of quaternary nitrogens is 2. The number of aliphatic hydroxyl groups excluding tert-OH is 2. The second-order valence-corrected chi connectivity index (χ2v) is 8.21. The number of likely N-dealkylation sites (N-methyl/N-ethyl adjacent to an activating group) is 2. The normalized spacial score (nSPS) is 14.5. The first-order valence-corrected chi connectivity index (χ1v) is 9.17. The van der Waals surface area contributed by atoms with Crippen molar-refractivity contribution in [3.05, 3.63) is 0 Å². The standard InChI is InChI=1S/C18H38N2O7/c1-15(21)26-9-7-19(3,4)11-17(23)13-25-14-18(24)12-20(5,6)8-10-27-16(2)22/h17-18,23-24H,7-14H2,1-6H3/q+2. The number of aliphatic hydroxyl groups is 2. The molecule has 0 radical (unpaired) electrons. The van der Waals surface area contributed by atoms with Crippen molar-refractivity contribution in [2.24, 2.45) is 0 Å². The monoisotopic (exact) mass is 394 g/mol. The molecule has 9 heteroatoms. The van der Waals surface area contributed by atoms with Gasteiger partial charge in [-0.25, -0.2) is 0 Å². The molecule has 27 heavy (non-hydrogen) atoms. The van der Waals surface area contributed by atoms with Gasteiger partial charge in [0.2, 0.25) is 0 Å². The van der Waals surface area contributed by atoms with Crippen LogP contribution < -0.4 is 0 Å². The highest BCUT2D eigenvalue weighted by atomic mass is 16.5. The van der Waals surface area contributed by atoms with Crippen LogP contribution in [0.15, 0.2) is 0 Å². The molecule has 0 aromatic rings. The van der Waals surface area contributed by atoms with Crippen LogP contribution in [0.25, 0.3) is 0 Å². The molecule has 2 unspecified atom stereocenters. The summed E-state index contributed by atoms with van der Waals surface area (Å²) < 4.78 is 16.3. The molecule has 0 aliphatic rings. The topological polar surface area (TPSA) is 102 Å². The van der Waals surface area contributed by atoms with Crippen LogP contribution in [0.5, 0.6) is 0 Å². The highest BCUT2D eigenvalue weighted by Crippen LogP contribution is 2.04.